The van der Waals surface area contributed by atoms with Gasteiger partial charge in [-0.2, -0.15) is 0 Å². The lowest BCUT2D eigenvalue weighted by molar-refractivity contribution is -0.126. The van der Waals surface area contributed by atoms with E-state index in [9.17, 15) is 4.79 Å². The van der Waals surface area contributed by atoms with Crippen molar-refractivity contribution >= 4 is 5.78 Å². The molecular formula is C10H19NO2. The molecular weight excluding hydrogens is 166 g/mol. The van der Waals surface area contributed by atoms with Crippen LogP contribution >= 0.6 is 0 Å². The molecule has 1 heterocycles. The molecule has 1 saturated heterocycles. The van der Waals surface area contributed by atoms with Gasteiger partial charge >= 0.3 is 0 Å². The van der Waals surface area contributed by atoms with Crippen LogP contribution in [0.3, 0.4) is 0 Å². The van der Waals surface area contributed by atoms with E-state index in [1.165, 1.54) is 0 Å². The lowest BCUT2D eigenvalue weighted by atomic mass is 9.94. The highest BCUT2D eigenvalue weighted by molar-refractivity contribution is 5.81. The van der Waals surface area contributed by atoms with Crippen molar-refractivity contribution in [2.75, 3.05) is 19.8 Å². The Labute approximate surface area is 79.6 Å². The Morgan fingerprint density at radius 2 is 2.31 bits per heavy atom. The Kier molecular flexibility index (Phi) is 5.01. The number of ether oxygens (including phenoxy) is 1. The molecule has 0 spiro atoms. The predicted octanol–water partition coefficient (Wildman–Crippen LogP) is 1.11. The van der Waals surface area contributed by atoms with Gasteiger partial charge < -0.3 is 10.5 Å². The van der Waals surface area contributed by atoms with Crippen LogP contribution in [0.5, 0.6) is 0 Å². The van der Waals surface area contributed by atoms with Crippen molar-refractivity contribution < 1.29 is 9.53 Å². The molecule has 2 N–H and O–H groups in total. The summed E-state index contributed by atoms with van der Waals surface area (Å²) in [5.74, 6) is 0.541. The molecule has 0 aromatic heterocycles. The van der Waals surface area contributed by atoms with Crippen molar-refractivity contribution in [3.63, 3.8) is 0 Å². The van der Waals surface area contributed by atoms with E-state index in [4.69, 9.17) is 10.5 Å². The van der Waals surface area contributed by atoms with Crippen molar-refractivity contribution in [3.05, 3.63) is 0 Å². The molecule has 13 heavy (non-hydrogen) atoms. The second-order valence-corrected chi connectivity index (χ2v) is 3.63. The molecule has 1 unspecified atom stereocenters. The predicted molar refractivity (Wildman–Crippen MR) is 51.5 cm³/mol. The quantitative estimate of drug-likeness (QED) is 0.653. The Hall–Kier alpha value is -0.410. The molecule has 0 aromatic rings. The molecule has 3 nitrogen and oxygen atoms in total. The van der Waals surface area contributed by atoms with Crippen molar-refractivity contribution in [3.8, 4) is 0 Å². The van der Waals surface area contributed by atoms with Crippen LogP contribution < -0.4 is 5.73 Å². The number of rotatable bonds is 5. The van der Waals surface area contributed by atoms with Crippen molar-refractivity contribution in [1.82, 2.24) is 0 Å². The van der Waals surface area contributed by atoms with Crippen LogP contribution in [0.15, 0.2) is 0 Å². The molecule has 1 atom stereocenters. The fraction of sp³-hybridized carbons (Fsp3) is 0.900. The van der Waals surface area contributed by atoms with E-state index in [-0.39, 0.29) is 5.92 Å². The minimum absolute atomic E-state index is 0.173. The van der Waals surface area contributed by atoms with Gasteiger partial charge in [-0.15, -0.1) is 0 Å². The van der Waals surface area contributed by atoms with Crippen LogP contribution in [-0.2, 0) is 9.53 Å². The number of carbonyl (C=O) groups is 1. The maximum absolute atomic E-state index is 11.6. The highest BCUT2D eigenvalue weighted by Gasteiger charge is 2.20. The normalized spacial score (nSPS) is 23.0. The zero-order valence-electron chi connectivity index (χ0n) is 8.13. The van der Waals surface area contributed by atoms with Gasteiger partial charge in [0.25, 0.3) is 0 Å². The second-order valence-electron chi connectivity index (χ2n) is 3.63. The SMILES string of the molecule is NCCCCC(=O)C1CCCOC1. The monoisotopic (exact) mass is 185 g/mol. The summed E-state index contributed by atoms with van der Waals surface area (Å²) >= 11 is 0. The largest absolute Gasteiger partial charge is 0.381 e. The molecule has 0 radical (unpaired) electrons. The summed E-state index contributed by atoms with van der Waals surface area (Å²) in [6.45, 7) is 2.16. The zero-order chi connectivity index (χ0) is 9.52. The average Bonchev–Trinajstić information content (AvgIpc) is 2.19. The van der Waals surface area contributed by atoms with E-state index >= 15 is 0 Å². The lowest BCUT2D eigenvalue weighted by Gasteiger charge is -2.20. The molecule has 1 fully saturated rings. The number of carbonyl (C=O) groups excluding carboxylic acids is 1. The van der Waals surface area contributed by atoms with Crippen LogP contribution in [0.1, 0.15) is 32.1 Å². The van der Waals surface area contributed by atoms with Gasteiger partial charge in [-0.25, -0.2) is 0 Å². The Morgan fingerprint density at radius 1 is 1.46 bits per heavy atom. The minimum atomic E-state index is 0.173. The third-order valence-electron chi connectivity index (χ3n) is 2.49. The van der Waals surface area contributed by atoms with Crippen molar-refractivity contribution in [2.45, 2.75) is 32.1 Å². The van der Waals surface area contributed by atoms with Crippen LogP contribution in [0.4, 0.5) is 0 Å². The van der Waals surface area contributed by atoms with Gasteiger partial charge in [-0.1, -0.05) is 0 Å². The van der Waals surface area contributed by atoms with Gasteiger partial charge in [0.1, 0.15) is 5.78 Å². The van der Waals surface area contributed by atoms with E-state index in [1.54, 1.807) is 0 Å². The summed E-state index contributed by atoms with van der Waals surface area (Å²) in [7, 11) is 0. The summed E-state index contributed by atoms with van der Waals surface area (Å²) in [5.41, 5.74) is 5.36. The summed E-state index contributed by atoms with van der Waals surface area (Å²) in [5, 5.41) is 0. The maximum Gasteiger partial charge on any atom is 0.138 e. The lowest BCUT2D eigenvalue weighted by Crippen LogP contribution is -2.25. The van der Waals surface area contributed by atoms with Gasteiger partial charge in [-0.3, -0.25) is 4.79 Å². The maximum atomic E-state index is 11.6. The Balaban J connectivity index is 2.13. The smallest absolute Gasteiger partial charge is 0.138 e. The third-order valence-corrected chi connectivity index (χ3v) is 2.49. The third kappa shape index (κ3) is 3.87. The number of hydrogen-bond donors (Lipinski definition) is 1. The zero-order valence-corrected chi connectivity index (χ0v) is 8.13. The van der Waals surface area contributed by atoms with Crippen LogP contribution in [0.25, 0.3) is 0 Å². The summed E-state index contributed by atoms with van der Waals surface area (Å²) in [6, 6.07) is 0. The first-order valence-electron chi connectivity index (χ1n) is 5.15. The van der Waals surface area contributed by atoms with Crippen molar-refractivity contribution in [2.24, 2.45) is 11.7 Å². The molecule has 0 amide bonds. The number of hydrogen-bond acceptors (Lipinski definition) is 3. The molecule has 0 saturated carbocycles. The van der Waals surface area contributed by atoms with E-state index in [1.807, 2.05) is 0 Å². The number of unbranched alkanes of at least 4 members (excludes halogenated alkanes) is 1. The van der Waals surface area contributed by atoms with Crippen LogP contribution in [0, 0.1) is 5.92 Å². The number of ketones is 1. The molecule has 1 aliphatic rings. The molecule has 3 heteroatoms. The van der Waals surface area contributed by atoms with E-state index < -0.39 is 0 Å². The van der Waals surface area contributed by atoms with Gasteiger partial charge in [-0.05, 0) is 32.2 Å². The highest BCUT2D eigenvalue weighted by Crippen LogP contribution is 2.16. The number of nitrogens with two attached hydrogens (primary N) is 1. The summed E-state index contributed by atoms with van der Waals surface area (Å²) in [6.07, 6.45) is 4.63. The average molecular weight is 185 g/mol. The second kappa shape index (κ2) is 6.11. The summed E-state index contributed by atoms with van der Waals surface area (Å²) < 4.78 is 5.26. The van der Waals surface area contributed by atoms with Crippen LogP contribution in [0.2, 0.25) is 0 Å². The Bertz CT molecular complexity index is 153. The molecule has 0 bridgehead atoms. The minimum Gasteiger partial charge on any atom is -0.381 e. The van der Waals surface area contributed by atoms with Gasteiger partial charge in [0.2, 0.25) is 0 Å². The summed E-state index contributed by atoms with van der Waals surface area (Å²) in [4.78, 5) is 11.6. The van der Waals surface area contributed by atoms with Gasteiger partial charge in [0.15, 0.2) is 0 Å². The highest BCUT2D eigenvalue weighted by atomic mass is 16.5. The molecule has 76 valence electrons. The number of Topliss-reactive ketones (excluding diaryl/α,β-unsaturated/α-hetero) is 1. The van der Waals surface area contributed by atoms with E-state index in [2.05, 4.69) is 0 Å². The first-order chi connectivity index (χ1) is 6.34. The first-order valence-corrected chi connectivity index (χ1v) is 5.15. The molecule has 0 aliphatic carbocycles. The van der Waals surface area contributed by atoms with Gasteiger partial charge in [0, 0.05) is 18.9 Å². The molecule has 0 aromatic carbocycles. The molecule has 1 aliphatic heterocycles. The first kappa shape index (κ1) is 10.7. The fourth-order valence-corrected chi connectivity index (χ4v) is 1.64. The van der Waals surface area contributed by atoms with Crippen LogP contribution in [-0.4, -0.2) is 25.5 Å². The molecule has 1 rings (SSSR count). The standard InChI is InChI=1S/C10H19NO2/c11-6-2-1-5-10(12)9-4-3-7-13-8-9/h9H,1-8,11H2. The van der Waals surface area contributed by atoms with Crippen molar-refractivity contribution in [1.29, 1.82) is 0 Å². The Morgan fingerprint density at radius 3 is 2.92 bits per heavy atom. The van der Waals surface area contributed by atoms with E-state index in [0.29, 0.717) is 25.4 Å². The topological polar surface area (TPSA) is 52.3 Å². The fourth-order valence-electron chi connectivity index (χ4n) is 1.64. The van der Waals surface area contributed by atoms with Gasteiger partial charge in [0.05, 0.1) is 6.61 Å². The van der Waals surface area contributed by atoms with E-state index in [0.717, 1.165) is 32.3 Å².